The molecule has 2 aromatic carbocycles. The highest BCUT2D eigenvalue weighted by Crippen LogP contribution is 2.53. The molecule has 6 nitrogen and oxygen atoms in total. The van der Waals surface area contributed by atoms with Crippen molar-refractivity contribution in [2.45, 2.75) is 59.3 Å². The second-order valence-electron chi connectivity index (χ2n) is 12.2. The molecule has 40 heavy (non-hydrogen) atoms. The summed E-state index contributed by atoms with van der Waals surface area (Å²) in [5.74, 6) is 0.947. The van der Waals surface area contributed by atoms with Gasteiger partial charge < -0.3 is 14.8 Å². The number of halogens is 3. The average molecular weight is 647 g/mol. The van der Waals surface area contributed by atoms with E-state index in [4.69, 9.17) is 32.7 Å². The fraction of sp³-hybridized carbons (Fsp3) is 0.387. The van der Waals surface area contributed by atoms with Gasteiger partial charge in [-0.2, -0.15) is 0 Å². The van der Waals surface area contributed by atoms with Gasteiger partial charge in [-0.1, -0.05) is 57.0 Å². The van der Waals surface area contributed by atoms with Gasteiger partial charge in [0.2, 0.25) is 0 Å². The molecule has 0 aromatic heterocycles. The minimum Gasteiger partial charge on any atom is -0.483 e. The molecule has 210 valence electrons. The van der Waals surface area contributed by atoms with E-state index in [1.165, 1.54) is 0 Å². The Balaban J connectivity index is 1.42. The predicted octanol–water partition coefficient (Wildman–Crippen LogP) is 8.17. The molecule has 2 aromatic rings. The molecule has 0 unspecified atom stereocenters. The predicted molar refractivity (Wildman–Crippen MR) is 159 cm³/mol. The molecule has 1 heterocycles. The number of hydrogen-bond donors (Lipinski definition) is 1. The van der Waals surface area contributed by atoms with Crippen LogP contribution in [0.25, 0.3) is 0 Å². The summed E-state index contributed by atoms with van der Waals surface area (Å²) < 4.78 is 12.7. The van der Waals surface area contributed by atoms with E-state index in [-0.39, 0.29) is 34.9 Å². The van der Waals surface area contributed by atoms with Crippen molar-refractivity contribution in [3.05, 3.63) is 79.1 Å². The Morgan fingerprint density at radius 3 is 2.08 bits per heavy atom. The summed E-state index contributed by atoms with van der Waals surface area (Å²) >= 11 is 15.5. The lowest BCUT2D eigenvalue weighted by atomic mass is 9.65. The summed E-state index contributed by atoms with van der Waals surface area (Å²) in [7, 11) is 0. The monoisotopic (exact) mass is 645 g/mol. The van der Waals surface area contributed by atoms with Gasteiger partial charge in [-0.25, -0.2) is 0 Å². The Labute approximate surface area is 252 Å². The minimum atomic E-state index is -0.505. The van der Waals surface area contributed by atoms with Gasteiger partial charge in [0.05, 0.1) is 14.5 Å². The normalized spacial score (nSPS) is 20.1. The Hall–Kier alpha value is -2.61. The van der Waals surface area contributed by atoms with Gasteiger partial charge in [0.25, 0.3) is 5.91 Å². The molecule has 0 radical (unpaired) electrons. The van der Waals surface area contributed by atoms with E-state index in [0.29, 0.717) is 74.3 Å². The summed E-state index contributed by atoms with van der Waals surface area (Å²) in [5, 5.41) is 3.46. The van der Waals surface area contributed by atoms with E-state index in [2.05, 4.69) is 48.9 Å². The fourth-order valence-corrected chi connectivity index (χ4v) is 6.54. The number of carbonyl (C=O) groups excluding carboxylic acids is 3. The van der Waals surface area contributed by atoms with Gasteiger partial charge in [0.15, 0.2) is 18.2 Å². The highest BCUT2D eigenvalue weighted by atomic mass is 79.9. The molecule has 5 rings (SSSR count). The molecule has 0 fully saturated rings. The van der Waals surface area contributed by atoms with Gasteiger partial charge >= 0.3 is 0 Å². The van der Waals surface area contributed by atoms with Crippen molar-refractivity contribution in [2.75, 3.05) is 11.9 Å². The number of hydrogen-bond acceptors (Lipinski definition) is 5. The summed E-state index contributed by atoms with van der Waals surface area (Å²) in [6, 6.07) is 10.3. The van der Waals surface area contributed by atoms with Crippen LogP contribution in [-0.4, -0.2) is 24.1 Å². The largest absolute Gasteiger partial charge is 0.483 e. The van der Waals surface area contributed by atoms with E-state index in [1.54, 1.807) is 24.3 Å². The van der Waals surface area contributed by atoms with Gasteiger partial charge in [-0.15, -0.1) is 0 Å². The van der Waals surface area contributed by atoms with E-state index in [9.17, 15) is 14.4 Å². The topological polar surface area (TPSA) is 81.7 Å². The lowest BCUT2D eigenvalue weighted by molar-refractivity contribution is -0.120. The van der Waals surface area contributed by atoms with Crippen LogP contribution in [0.2, 0.25) is 10.0 Å². The van der Waals surface area contributed by atoms with Gasteiger partial charge in [-0.3, -0.25) is 14.4 Å². The van der Waals surface area contributed by atoms with Gasteiger partial charge in [-0.05, 0) is 62.7 Å². The zero-order valence-corrected chi connectivity index (χ0v) is 25.8. The zero-order chi connectivity index (χ0) is 29.0. The Bertz CT molecular complexity index is 1460. The van der Waals surface area contributed by atoms with Crippen LogP contribution in [0.1, 0.15) is 64.9 Å². The maximum atomic E-state index is 13.5. The van der Waals surface area contributed by atoms with E-state index in [0.717, 1.165) is 5.56 Å². The van der Waals surface area contributed by atoms with Gasteiger partial charge in [0.1, 0.15) is 17.3 Å². The zero-order valence-electron chi connectivity index (χ0n) is 22.8. The molecule has 0 atom stereocenters. The molecule has 9 heteroatoms. The first kappa shape index (κ1) is 28.9. The SMILES string of the molecule is CC1(C)CC(=O)C2=C(C1)OC1=C(C(=O)CC(C)(C)C1)C2c1ccc(OCC(=O)Nc2ccc(Cl)c(Cl)c2)c(Br)c1. The summed E-state index contributed by atoms with van der Waals surface area (Å²) in [5.41, 5.74) is 2.02. The number of nitrogens with one attached hydrogen (secondary N) is 1. The van der Waals surface area contributed by atoms with Crippen molar-refractivity contribution in [3.8, 4) is 5.75 Å². The summed E-state index contributed by atoms with van der Waals surface area (Å²) in [6.45, 7) is 8.02. The van der Waals surface area contributed by atoms with Crippen LogP contribution in [-0.2, 0) is 19.1 Å². The van der Waals surface area contributed by atoms with E-state index in [1.807, 2.05) is 12.1 Å². The maximum absolute atomic E-state index is 13.5. The fourth-order valence-electron chi connectivity index (χ4n) is 5.74. The molecule has 1 N–H and O–H groups in total. The van der Waals surface area contributed by atoms with Crippen LogP contribution >= 0.6 is 39.1 Å². The molecular formula is C31H30BrCl2NO5. The number of rotatable bonds is 5. The highest BCUT2D eigenvalue weighted by Gasteiger charge is 2.47. The van der Waals surface area contributed by atoms with Crippen molar-refractivity contribution in [3.63, 3.8) is 0 Å². The Kier molecular flexibility index (Phi) is 7.70. The molecule has 1 amide bonds. The third kappa shape index (κ3) is 5.88. The van der Waals surface area contributed by atoms with Crippen LogP contribution in [0.5, 0.6) is 5.75 Å². The standard InChI is InChI=1S/C31H30BrCl2NO5/c1-30(2)11-21(36)28-24(13-30)40-25-14-31(3,4)12-22(37)29(25)27(28)16-5-8-23(18(32)9-16)39-15-26(38)35-17-6-7-19(33)20(34)10-17/h5-10,27H,11-15H2,1-4H3,(H,35,38). The van der Waals surface area contributed by atoms with Crippen LogP contribution < -0.4 is 10.1 Å². The van der Waals surface area contributed by atoms with Crippen LogP contribution in [0.15, 0.2) is 63.5 Å². The van der Waals surface area contributed by atoms with Crippen LogP contribution in [0, 0.1) is 10.8 Å². The molecule has 0 saturated carbocycles. The molecule has 0 spiro atoms. The van der Waals surface area contributed by atoms with E-state index >= 15 is 0 Å². The van der Waals surface area contributed by atoms with Crippen molar-refractivity contribution < 1.29 is 23.9 Å². The Morgan fingerprint density at radius 2 is 1.52 bits per heavy atom. The van der Waals surface area contributed by atoms with E-state index < -0.39 is 5.92 Å². The number of amides is 1. The molecular weight excluding hydrogens is 617 g/mol. The summed E-state index contributed by atoms with van der Waals surface area (Å²) in [6.07, 6.45) is 2.05. The number of ether oxygens (including phenoxy) is 2. The lowest BCUT2D eigenvalue weighted by Gasteiger charge is -2.42. The second-order valence-corrected chi connectivity index (χ2v) is 13.9. The van der Waals surface area contributed by atoms with Crippen LogP contribution in [0.3, 0.4) is 0 Å². The number of allylic oxidation sites excluding steroid dienone is 4. The third-order valence-corrected chi connectivity index (χ3v) is 8.79. The number of Topliss-reactive ketones (excluding diaryl/α,β-unsaturated/α-hetero) is 2. The molecule has 0 bridgehead atoms. The molecule has 0 saturated heterocycles. The molecule has 2 aliphatic carbocycles. The van der Waals surface area contributed by atoms with Crippen molar-refractivity contribution in [1.29, 1.82) is 0 Å². The first-order chi connectivity index (χ1) is 18.7. The number of carbonyl (C=O) groups is 3. The highest BCUT2D eigenvalue weighted by molar-refractivity contribution is 9.10. The molecule has 1 aliphatic heterocycles. The smallest absolute Gasteiger partial charge is 0.262 e. The average Bonchev–Trinajstić information content (AvgIpc) is 2.82. The summed E-state index contributed by atoms with van der Waals surface area (Å²) in [4.78, 5) is 39.4. The minimum absolute atomic E-state index is 0.0101. The third-order valence-electron chi connectivity index (χ3n) is 7.43. The van der Waals surface area contributed by atoms with Gasteiger partial charge in [0, 0.05) is 48.4 Å². The van der Waals surface area contributed by atoms with Crippen molar-refractivity contribution >= 4 is 62.3 Å². The lowest BCUT2D eigenvalue weighted by Crippen LogP contribution is -2.37. The molecule has 3 aliphatic rings. The van der Waals surface area contributed by atoms with Crippen molar-refractivity contribution in [1.82, 2.24) is 0 Å². The first-order valence-electron chi connectivity index (χ1n) is 13.1. The van der Waals surface area contributed by atoms with Crippen LogP contribution in [0.4, 0.5) is 5.69 Å². The maximum Gasteiger partial charge on any atom is 0.262 e. The second kappa shape index (κ2) is 10.7. The number of anilines is 1. The number of benzene rings is 2. The quantitative estimate of drug-likeness (QED) is 0.354. The first-order valence-corrected chi connectivity index (χ1v) is 14.7. The number of ketones is 2. The van der Waals surface area contributed by atoms with Crippen molar-refractivity contribution in [2.24, 2.45) is 10.8 Å². The Morgan fingerprint density at radius 1 is 0.925 bits per heavy atom.